The summed E-state index contributed by atoms with van der Waals surface area (Å²) < 4.78 is 1.70. The molecule has 9 nitrogen and oxygen atoms in total. The monoisotopic (exact) mass is 454 g/mol. The molecule has 0 radical (unpaired) electrons. The fraction of sp³-hybridized carbons (Fsp3) is 0.409. The molecule has 0 spiro atoms. The molecule has 1 aliphatic heterocycles. The molecule has 3 amide bonds. The van der Waals surface area contributed by atoms with Crippen LogP contribution in [0.1, 0.15) is 29.9 Å². The first-order valence-electron chi connectivity index (χ1n) is 10.5. The van der Waals surface area contributed by atoms with Gasteiger partial charge in [-0.05, 0) is 38.3 Å². The number of hydrogen-bond donors (Lipinski definition) is 1. The van der Waals surface area contributed by atoms with Crippen molar-refractivity contribution in [3.63, 3.8) is 0 Å². The third-order valence-electron chi connectivity index (χ3n) is 5.44. The van der Waals surface area contributed by atoms with Gasteiger partial charge in [-0.2, -0.15) is 5.10 Å². The Labute approximate surface area is 190 Å². The predicted octanol–water partition coefficient (Wildman–Crippen LogP) is 1.81. The van der Waals surface area contributed by atoms with Crippen molar-refractivity contribution in [2.45, 2.75) is 26.8 Å². The SMILES string of the molecule is Cc1nn(C)c2nc(-c3cccs3)cc(C(=O)N3CCN(C(=O)C(=O)NC(C)C)CC3)c12. The van der Waals surface area contributed by atoms with Crippen LogP contribution < -0.4 is 5.32 Å². The van der Waals surface area contributed by atoms with Crippen molar-refractivity contribution >= 4 is 40.1 Å². The number of fused-ring (bicyclic) bond motifs is 1. The van der Waals surface area contributed by atoms with Crippen LogP contribution in [-0.4, -0.2) is 74.5 Å². The van der Waals surface area contributed by atoms with E-state index in [-0.39, 0.29) is 11.9 Å². The largest absolute Gasteiger partial charge is 0.346 e. The van der Waals surface area contributed by atoms with Crippen LogP contribution in [0.5, 0.6) is 0 Å². The van der Waals surface area contributed by atoms with Gasteiger partial charge in [0.1, 0.15) is 0 Å². The quantitative estimate of drug-likeness (QED) is 0.609. The van der Waals surface area contributed by atoms with Crippen molar-refractivity contribution in [2.75, 3.05) is 26.2 Å². The highest BCUT2D eigenvalue weighted by atomic mass is 32.1. The van der Waals surface area contributed by atoms with Crippen molar-refractivity contribution < 1.29 is 14.4 Å². The Hall–Kier alpha value is -3.27. The zero-order valence-electron chi connectivity index (χ0n) is 18.6. The number of aryl methyl sites for hydroxylation is 2. The summed E-state index contributed by atoms with van der Waals surface area (Å²) in [5.41, 5.74) is 2.70. The number of nitrogens with zero attached hydrogens (tertiary/aromatic N) is 5. The number of hydrogen-bond acceptors (Lipinski definition) is 6. The minimum absolute atomic E-state index is 0.108. The minimum atomic E-state index is -0.609. The van der Waals surface area contributed by atoms with Gasteiger partial charge >= 0.3 is 11.8 Å². The molecule has 0 aliphatic carbocycles. The van der Waals surface area contributed by atoms with Gasteiger partial charge in [0.25, 0.3) is 5.91 Å². The Kier molecular flexibility index (Phi) is 5.96. The van der Waals surface area contributed by atoms with Crippen LogP contribution in [0.15, 0.2) is 23.6 Å². The van der Waals surface area contributed by atoms with E-state index in [1.165, 1.54) is 4.90 Å². The number of aromatic nitrogens is 3. The van der Waals surface area contributed by atoms with Gasteiger partial charge in [-0.3, -0.25) is 19.1 Å². The number of carbonyl (C=O) groups is 3. The number of pyridine rings is 1. The molecule has 3 aromatic heterocycles. The summed E-state index contributed by atoms with van der Waals surface area (Å²) in [5, 5.41) is 9.81. The van der Waals surface area contributed by atoms with Crippen LogP contribution in [-0.2, 0) is 16.6 Å². The molecule has 0 atom stereocenters. The van der Waals surface area contributed by atoms with Crippen molar-refractivity contribution in [3.8, 4) is 10.6 Å². The Morgan fingerprint density at radius 2 is 1.81 bits per heavy atom. The van der Waals surface area contributed by atoms with Gasteiger partial charge < -0.3 is 15.1 Å². The molecule has 168 valence electrons. The first kappa shape index (κ1) is 21.9. The molecule has 0 bridgehead atoms. The van der Waals surface area contributed by atoms with E-state index in [4.69, 9.17) is 4.98 Å². The van der Waals surface area contributed by atoms with E-state index in [0.717, 1.165) is 21.7 Å². The number of amides is 3. The Morgan fingerprint density at radius 3 is 2.44 bits per heavy atom. The maximum Gasteiger partial charge on any atom is 0.312 e. The van der Waals surface area contributed by atoms with Crippen LogP contribution in [0.3, 0.4) is 0 Å². The van der Waals surface area contributed by atoms with Gasteiger partial charge in [-0.1, -0.05) is 6.07 Å². The third kappa shape index (κ3) is 4.10. The highest BCUT2D eigenvalue weighted by molar-refractivity contribution is 7.13. The van der Waals surface area contributed by atoms with Crippen LogP contribution in [0.25, 0.3) is 21.6 Å². The second kappa shape index (κ2) is 8.70. The number of thiophene rings is 1. The molecule has 0 unspecified atom stereocenters. The van der Waals surface area contributed by atoms with Gasteiger partial charge in [0.05, 0.1) is 27.2 Å². The van der Waals surface area contributed by atoms with Gasteiger partial charge in [0, 0.05) is 39.3 Å². The zero-order chi connectivity index (χ0) is 23.0. The molecule has 10 heteroatoms. The molecule has 1 N–H and O–H groups in total. The molecule has 32 heavy (non-hydrogen) atoms. The van der Waals surface area contributed by atoms with E-state index in [1.54, 1.807) is 20.9 Å². The molecule has 1 aliphatic rings. The maximum atomic E-state index is 13.5. The lowest BCUT2D eigenvalue weighted by Gasteiger charge is -2.34. The van der Waals surface area contributed by atoms with Crippen molar-refractivity contribution in [2.24, 2.45) is 7.05 Å². The fourth-order valence-corrected chi connectivity index (χ4v) is 4.60. The zero-order valence-corrected chi connectivity index (χ0v) is 19.4. The summed E-state index contributed by atoms with van der Waals surface area (Å²) in [6.07, 6.45) is 0. The molecule has 1 fully saturated rings. The van der Waals surface area contributed by atoms with Gasteiger partial charge in [0.2, 0.25) is 0 Å². The van der Waals surface area contributed by atoms with E-state index in [2.05, 4.69) is 10.4 Å². The first-order chi connectivity index (χ1) is 15.3. The second-order valence-electron chi connectivity index (χ2n) is 8.15. The van der Waals surface area contributed by atoms with Crippen molar-refractivity contribution in [1.82, 2.24) is 29.9 Å². The normalized spacial score (nSPS) is 14.3. The van der Waals surface area contributed by atoms with E-state index in [0.29, 0.717) is 37.4 Å². The summed E-state index contributed by atoms with van der Waals surface area (Å²) in [6.45, 7) is 6.83. The Balaban J connectivity index is 1.58. The number of rotatable bonds is 3. The van der Waals surface area contributed by atoms with Crippen LogP contribution >= 0.6 is 11.3 Å². The molecule has 4 rings (SSSR count). The summed E-state index contributed by atoms with van der Waals surface area (Å²) >= 11 is 1.56. The highest BCUT2D eigenvalue weighted by Crippen LogP contribution is 2.30. The minimum Gasteiger partial charge on any atom is -0.346 e. The molecular weight excluding hydrogens is 428 g/mol. The number of nitrogens with one attached hydrogen (secondary N) is 1. The standard InChI is InChI=1S/C22H26N6O3S/c1-13(2)23-20(29)22(31)28-9-7-27(8-10-28)21(30)15-12-16(17-6-5-11-32-17)24-19-18(15)14(3)25-26(19)4/h5-6,11-13H,7-10H2,1-4H3,(H,23,29). The summed E-state index contributed by atoms with van der Waals surface area (Å²) in [7, 11) is 1.82. The second-order valence-corrected chi connectivity index (χ2v) is 9.10. The summed E-state index contributed by atoms with van der Waals surface area (Å²) in [6, 6.07) is 5.65. The topological polar surface area (TPSA) is 100 Å². The average Bonchev–Trinajstić information content (AvgIpc) is 3.40. The Morgan fingerprint density at radius 1 is 1.12 bits per heavy atom. The van der Waals surface area contributed by atoms with Gasteiger partial charge in [-0.15, -0.1) is 11.3 Å². The molecular formula is C22H26N6O3S. The number of piperazine rings is 1. The first-order valence-corrected chi connectivity index (χ1v) is 11.4. The van der Waals surface area contributed by atoms with E-state index >= 15 is 0 Å². The summed E-state index contributed by atoms with van der Waals surface area (Å²) in [5.74, 6) is -1.28. The van der Waals surface area contributed by atoms with Crippen LogP contribution in [0, 0.1) is 6.92 Å². The van der Waals surface area contributed by atoms with Gasteiger partial charge in [0.15, 0.2) is 5.65 Å². The Bertz CT molecular complexity index is 1180. The van der Waals surface area contributed by atoms with Crippen LogP contribution in [0.4, 0.5) is 0 Å². The van der Waals surface area contributed by atoms with Crippen molar-refractivity contribution in [1.29, 1.82) is 0 Å². The van der Waals surface area contributed by atoms with Gasteiger partial charge in [-0.25, -0.2) is 4.98 Å². The molecule has 0 aromatic carbocycles. The van der Waals surface area contributed by atoms with Crippen LogP contribution in [0.2, 0.25) is 0 Å². The smallest absolute Gasteiger partial charge is 0.312 e. The van der Waals surface area contributed by atoms with E-state index < -0.39 is 11.8 Å². The molecule has 4 heterocycles. The molecule has 1 saturated heterocycles. The van der Waals surface area contributed by atoms with Crippen molar-refractivity contribution in [3.05, 3.63) is 34.8 Å². The fourth-order valence-electron chi connectivity index (χ4n) is 3.91. The third-order valence-corrected chi connectivity index (χ3v) is 6.33. The maximum absolute atomic E-state index is 13.5. The predicted molar refractivity (Wildman–Crippen MR) is 122 cm³/mol. The lowest BCUT2D eigenvalue weighted by Crippen LogP contribution is -2.54. The highest BCUT2D eigenvalue weighted by Gasteiger charge is 2.30. The summed E-state index contributed by atoms with van der Waals surface area (Å²) in [4.78, 5) is 46.9. The molecule has 0 saturated carbocycles. The lowest BCUT2D eigenvalue weighted by atomic mass is 10.1. The van der Waals surface area contributed by atoms with E-state index in [1.807, 2.05) is 51.4 Å². The molecule has 3 aromatic rings. The average molecular weight is 455 g/mol. The van der Waals surface area contributed by atoms with E-state index in [9.17, 15) is 14.4 Å². The lowest BCUT2D eigenvalue weighted by molar-refractivity contribution is -0.147. The number of carbonyl (C=O) groups excluding carboxylic acids is 3.